The van der Waals surface area contributed by atoms with E-state index in [-0.39, 0.29) is 12.1 Å². The Morgan fingerprint density at radius 3 is 1.41 bits per heavy atom. The summed E-state index contributed by atoms with van der Waals surface area (Å²) in [4.78, 5) is 33.2. The van der Waals surface area contributed by atoms with Crippen molar-refractivity contribution in [1.82, 2.24) is 9.80 Å². The van der Waals surface area contributed by atoms with Crippen molar-refractivity contribution >= 4 is 57.4 Å². The third-order valence-corrected chi connectivity index (χ3v) is 7.96. The van der Waals surface area contributed by atoms with Gasteiger partial charge in [-0.3, -0.25) is 0 Å². The highest BCUT2D eigenvalue weighted by Gasteiger charge is 2.31. The Balaban J connectivity index is 1.77. The van der Waals surface area contributed by atoms with Crippen LogP contribution in [-0.4, -0.2) is 50.1 Å². The monoisotopic (exact) mass is 462 g/mol. The maximum absolute atomic E-state index is 12.9. The number of amides is 2. The molecule has 0 spiro atoms. The molecule has 5 rings (SSSR count). The second-order valence-corrected chi connectivity index (χ2v) is 10.1. The van der Waals surface area contributed by atoms with Crippen molar-refractivity contribution < 1.29 is 18.7 Å². The highest BCUT2D eigenvalue weighted by atomic mass is 32.2. The molecule has 2 aromatic heterocycles. The number of rotatable bonds is 0. The van der Waals surface area contributed by atoms with Crippen molar-refractivity contribution in [3.63, 3.8) is 0 Å². The van der Waals surface area contributed by atoms with E-state index in [4.69, 9.17) is 0 Å². The van der Waals surface area contributed by atoms with E-state index in [9.17, 15) is 9.59 Å². The van der Waals surface area contributed by atoms with Gasteiger partial charge in [0.05, 0.1) is 38.0 Å². The molecule has 0 unspecified atom stereocenters. The predicted octanol–water partition coefficient (Wildman–Crippen LogP) is 4.24. The van der Waals surface area contributed by atoms with Gasteiger partial charge in [-0.05, 0) is 24.3 Å². The molecule has 160 valence electrons. The Morgan fingerprint density at radius 1 is 0.656 bits per heavy atom. The quantitative estimate of drug-likeness (QED) is 0.323. The van der Waals surface area contributed by atoms with Gasteiger partial charge in [-0.25, -0.2) is 9.80 Å². The standard InChI is InChI=1S/C24H22N4O2S2/c1-25(2)23(29)27-13-19-21(15-9-5-7-11-17(15)27)32-20-14-28(24(30)26(3)4)18-12-8-6-10-16(18)22(20)31-19/h5-14H,1-4H3/q+2. The van der Waals surface area contributed by atoms with Crippen molar-refractivity contribution in [2.24, 2.45) is 0 Å². The van der Waals surface area contributed by atoms with E-state index in [1.54, 1.807) is 70.6 Å². The van der Waals surface area contributed by atoms with Crippen molar-refractivity contribution in [2.45, 2.75) is 19.6 Å². The molecule has 0 N–H and O–H groups in total. The average Bonchev–Trinajstić information content (AvgIpc) is 2.81. The Bertz CT molecular complexity index is 1320. The summed E-state index contributed by atoms with van der Waals surface area (Å²) in [6.07, 6.45) is 3.86. The molecule has 3 heterocycles. The number of carbonyl (C=O) groups excluding carboxylic acids is 2. The summed E-state index contributed by atoms with van der Waals surface area (Å²) in [6.45, 7) is 0. The minimum atomic E-state index is -0.0901. The molecule has 0 atom stereocenters. The maximum atomic E-state index is 12.9. The summed E-state index contributed by atoms with van der Waals surface area (Å²) in [7, 11) is 7.03. The Kier molecular flexibility index (Phi) is 5.06. The van der Waals surface area contributed by atoms with Gasteiger partial charge in [0.25, 0.3) is 0 Å². The number of hydrogen-bond acceptors (Lipinski definition) is 4. The van der Waals surface area contributed by atoms with Gasteiger partial charge < -0.3 is 0 Å². The molecule has 8 heteroatoms. The third-order valence-electron chi connectivity index (χ3n) is 5.36. The van der Waals surface area contributed by atoms with Gasteiger partial charge in [-0.1, -0.05) is 47.8 Å². The number of pyridine rings is 2. The molecule has 0 fully saturated rings. The number of benzene rings is 2. The molecule has 0 aliphatic carbocycles. The number of nitrogens with zero attached hydrogens (tertiary/aromatic N) is 4. The Morgan fingerprint density at radius 2 is 1.03 bits per heavy atom. The minimum absolute atomic E-state index is 0.0901. The van der Waals surface area contributed by atoms with Gasteiger partial charge >= 0.3 is 12.1 Å². The topological polar surface area (TPSA) is 48.4 Å². The van der Waals surface area contributed by atoms with Crippen LogP contribution in [0.15, 0.2) is 80.5 Å². The van der Waals surface area contributed by atoms with E-state index in [2.05, 4.69) is 0 Å². The lowest BCUT2D eigenvalue weighted by atomic mass is 10.2. The summed E-state index contributed by atoms with van der Waals surface area (Å²) in [5.41, 5.74) is 1.72. The van der Waals surface area contributed by atoms with Crippen molar-refractivity contribution in [3.8, 4) is 0 Å². The van der Waals surface area contributed by atoms with Crippen molar-refractivity contribution in [1.29, 1.82) is 0 Å². The lowest BCUT2D eigenvalue weighted by Gasteiger charge is -2.21. The zero-order valence-electron chi connectivity index (χ0n) is 18.2. The third kappa shape index (κ3) is 3.22. The second kappa shape index (κ2) is 7.79. The Labute approximate surface area is 194 Å². The number of fused-ring (bicyclic) bond motifs is 6. The molecular weight excluding hydrogens is 440 g/mol. The summed E-state index contributed by atoms with van der Waals surface area (Å²) in [6, 6.07) is 15.7. The molecule has 0 radical (unpaired) electrons. The summed E-state index contributed by atoms with van der Waals surface area (Å²) < 4.78 is 3.43. The largest absolute Gasteiger partial charge is 0.497 e. The first-order valence-corrected chi connectivity index (χ1v) is 11.7. The van der Waals surface area contributed by atoms with Crippen LogP contribution in [-0.2, 0) is 0 Å². The zero-order valence-corrected chi connectivity index (χ0v) is 19.8. The van der Waals surface area contributed by atoms with Crippen LogP contribution in [0.2, 0.25) is 0 Å². The van der Waals surface area contributed by atoms with Crippen LogP contribution in [0, 0.1) is 0 Å². The van der Waals surface area contributed by atoms with E-state index in [0.29, 0.717) is 0 Å². The van der Waals surface area contributed by atoms with Gasteiger partial charge in [0.15, 0.2) is 0 Å². The lowest BCUT2D eigenvalue weighted by Crippen LogP contribution is -2.50. The first kappa shape index (κ1) is 20.8. The lowest BCUT2D eigenvalue weighted by molar-refractivity contribution is -0.552. The number of para-hydroxylation sites is 2. The van der Waals surface area contributed by atoms with Crippen LogP contribution >= 0.6 is 23.5 Å². The van der Waals surface area contributed by atoms with E-state index in [0.717, 1.165) is 41.4 Å². The van der Waals surface area contributed by atoms with E-state index in [1.807, 2.05) is 60.9 Å². The molecule has 32 heavy (non-hydrogen) atoms. The predicted molar refractivity (Wildman–Crippen MR) is 125 cm³/mol. The molecule has 1 aliphatic rings. The van der Waals surface area contributed by atoms with Crippen LogP contribution < -0.4 is 9.13 Å². The molecule has 4 aromatic rings. The van der Waals surface area contributed by atoms with Gasteiger partial charge in [0.2, 0.25) is 0 Å². The fourth-order valence-electron chi connectivity index (χ4n) is 3.83. The molecule has 0 saturated heterocycles. The normalized spacial score (nSPS) is 12.4. The Hall–Kier alpha value is -3.10. The number of aromatic nitrogens is 2. The van der Waals surface area contributed by atoms with Crippen LogP contribution in [0.25, 0.3) is 21.8 Å². The first-order chi connectivity index (χ1) is 15.4. The molecule has 0 saturated carbocycles. The van der Waals surface area contributed by atoms with Gasteiger partial charge in [-0.15, -0.1) is 0 Å². The van der Waals surface area contributed by atoms with E-state index >= 15 is 0 Å². The van der Waals surface area contributed by atoms with Crippen LogP contribution in [0.4, 0.5) is 9.59 Å². The first-order valence-electron chi connectivity index (χ1n) is 10.1. The van der Waals surface area contributed by atoms with Crippen LogP contribution in [0.3, 0.4) is 0 Å². The summed E-state index contributed by atoms with van der Waals surface area (Å²) >= 11 is 3.30. The molecule has 1 aliphatic heterocycles. The van der Waals surface area contributed by atoms with Gasteiger partial charge in [-0.2, -0.15) is 18.7 Å². The summed E-state index contributed by atoms with van der Waals surface area (Å²) in [5, 5.41) is 2.03. The van der Waals surface area contributed by atoms with Gasteiger partial charge in [0, 0.05) is 20.6 Å². The number of carbonyl (C=O) groups is 2. The highest BCUT2D eigenvalue weighted by Crippen LogP contribution is 2.51. The summed E-state index contributed by atoms with van der Waals surface area (Å²) in [5.74, 6) is 0. The molecule has 2 amide bonds. The van der Waals surface area contributed by atoms with E-state index in [1.165, 1.54) is 0 Å². The second-order valence-electron chi connectivity index (χ2n) is 7.98. The zero-order chi connectivity index (χ0) is 22.6. The molecule has 0 bridgehead atoms. The van der Waals surface area contributed by atoms with Crippen molar-refractivity contribution in [2.75, 3.05) is 28.2 Å². The van der Waals surface area contributed by atoms with Gasteiger partial charge in [0.1, 0.15) is 23.4 Å². The number of hydrogen-bond donors (Lipinski definition) is 0. The van der Waals surface area contributed by atoms with E-state index < -0.39 is 0 Å². The molecule has 6 nitrogen and oxygen atoms in total. The van der Waals surface area contributed by atoms with Crippen molar-refractivity contribution in [3.05, 3.63) is 60.9 Å². The fourth-order valence-corrected chi connectivity index (χ4v) is 6.36. The fraction of sp³-hybridized carbons (Fsp3) is 0.167. The smallest absolute Gasteiger partial charge is 0.231 e. The highest BCUT2D eigenvalue weighted by molar-refractivity contribution is 8.05. The molecule has 2 aromatic carbocycles. The molecular formula is C24H22N4O2S2+2. The minimum Gasteiger partial charge on any atom is -0.231 e. The van der Waals surface area contributed by atoms with Crippen LogP contribution in [0.1, 0.15) is 0 Å². The maximum Gasteiger partial charge on any atom is 0.497 e. The average molecular weight is 463 g/mol. The SMILES string of the molecule is CN(C)C(=O)[n+]1cc2c(c3ccccc31)Sc1c[n+](C(=O)N(C)C)c3ccccc3c1S2. The van der Waals surface area contributed by atoms with Crippen LogP contribution in [0.5, 0.6) is 0 Å².